The van der Waals surface area contributed by atoms with Crippen LogP contribution >= 0.6 is 23.2 Å². The summed E-state index contributed by atoms with van der Waals surface area (Å²) in [5.74, 6) is 1.67. The van der Waals surface area contributed by atoms with Crippen LogP contribution in [0.15, 0.2) is 18.2 Å². The molecule has 0 saturated heterocycles. The highest BCUT2D eigenvalue weighted by atomic mass is 35.5. The van der Waals surface area contributed by atoms with Gasteiger partial charge in [-0.15, -0.1) is 11.6 Å². The lowest BCUT2D eigenvalue weighted by Crippen LogP contribution is -2.34. The largest absolute Gasteiger partial charge is 0.321 e. The van der Waals surface area contributed by atoms with Gasteiger partial charge >= 0.3 is 0 Å². The van der Waals surface area contributed by atoms with E-state index in [1.54, 1.807) is 0 Å². The van der Waals surface area contributed by atoms with E-state index >= 15 is 0 Å². The van der Waals surface area contributed by atoms with Crippen molar-refractivity contribution in [1.82, 2.24) is 9.55 Å². The third-order valence-corrected chi connectivity index (χ3v) is 4.98. The van der Waals surface area contributed by atoms with Gasteiger partial charge in [0.25, 0.3) is 0 Å². The van der Waals surface area contributed by atoms with Crippen molar-refractivity contribution in [1.29, 1.82) is 0 Å². The van der Waals surface area contributed by atoms with Crippen LogP contribution in [0.25, 0.3) is 11.0 Å². The summed E-state index contributed by atoms with van der Waals surface area (Å²) in [5, 5.41) is 0.794. The molecule has 3 rings (SSSR count). The minimum absolute atomic E-state index is 0.124. The van der Waals surface area contributed by atoms with Crippen LogP contribution in [0.4, 0.5) is 0 Å². The molecule has 0 N–H and O–H groups in total. The smallest absolute Gasteiger partial charge is 0.111 e. The summed E-state index contributed by atoms with van der Waals surface area (Å²) in [4.78, 5) is 4.78. The first kappa shape index (κ1) is 14.2. The van der Waals surface area contributed by atoms with Crippen LogP contribution < -0.4 is 0 Å². The average molecular weight is 311 g/mol. The lowest BCUT2D eigenvalue weighted by Gasteiger charge is -2.37. The van der Waals surface area contributed by atoms with E-state index in [1.165, 1.54) is 32.1 Å². The topological polar surface area (TPSA) is 17.8 Å². The third-order valence-electron chi connectivity index (χ3n) is 4.49. The maximum absolute atomic E-state index is 6.46. The highest BCUT2D eigenvalue weighted by molar-refractivity contribution is 6.35. The zero-order chi connectivity index (χ0) is 14.2. The number of imidazole rings is 1. The number of para-hydroxylation sites is 1. The van der Waals surface area contributed by atoms with Gasteiger partial charge in [-0.05, 0) is 31.9 Å². The molecule has 20 heavy (non-hydrogen) atoms. The van der Waals surface area contributed by atoms with Crippen molar-refractivity contribution in [3.8, 4) is 0 Å². The van der Waals surface area contributed by atoms with Crippen LogP contribution in [0.3, 0.4) is 0 Å². The summed E-state index contributed by atoms with van der Waals surface area (Å²) in [5.41, 5.74) is 2.20. The quantitative estimate of drug-likeness (QED) is 0.717. The van der Waals surface area contributed by atoms with Gasteiger partial charge in [0.15, 0.2) is 0 Å². The Bertz CT molecular complexity index is 612. The van der Waals surface area contributed by atoms with Crippen molar-refractivity contribution < 1.29 is 0 Å². The minimum atomic E-state index is 0.124. The fraction of sp³-hybridized carbons (Fsp3) is 0.562. The van der Waals surface area contributed by atoms with Gasteiger partial charge in [-0.1, -0.05) is 36.9 Å². The molecular formula is C16H20Cl2N2. The molecule has 1 fully saturated rings. The van der Waals surface area contributed by atoms with Gasteiger partial charge in [0, 0.05) is 17.8 Å². The Hall–Kier alpha value is -0.730. The lowest BCUT2D eigenvalue weighted by atomic mass is 9.82. The predicted octanol–water partition coefficient (Wildman–Crippen LogP) is 5.15. The molecule has 0 radical (unpaired) electrons. The van der Waals surface area contributed by atoms with E-state index in [4.69, 9.17) is 28.2 Å². The number of hydrogen-bond acceptors (Lipinski definition) is 1. The number of benzene rings is 1. The number of aromatic nitrogens is 2. The second kappa shape index (κ2) is 5.57. The Kier molecular flexibility index (Phi) is 3.96. The Balaban J connectivity index is 2.22. The van der Waals surface area contributed by atoms with Crippen LogP contribution in [-0.4, -0.2) is 15.4 Å². The maximum Gasteiger partial charge on any atom is 0.111 e. The molecule has 1 aliphatic rings. The molecule has 1 aromatic heterocycles. The van der Waals surface area contributed by atoms with Crippen LogP contribution in [0.1, 0.15) is 44.9 Å². The van der Waals surface area contributed by atoms with Gasteiger partial charge in [0.2, 0.25) is 0 Å². The van der Waals surface area contributed by atoms with E-state index in [9.17, 15) is 0 Å². The standard InChI is InChI=1S/C16H20Cl2N2/c1-16(9-3-2-4-10-16)20-14(8-11-17)19-13-7-5-6-12(18)15(13)20/h5-7H,2-4,8-11H2,1H3. The zero-order valence-corrected chi connectivity index (χ0v) is 13.3. The number of halogens is 2. The molecule has 108 valence electrons. The van der Waals surface area contributed by atoms with E-state index in [2.05, 4.69) is 11.5 Å². The van der Waals surface area contributed by atoms with Gasteiger partial charge < -0.3 is 4.57 Å². The summed E-state index contributed by atoms with van der Waals surface area (Å²) in [6.45, 7) is 2.34. The molecule has 1 heterocycles. The Morgan fingerprint density at radius 2 is 2.00 bits per heavy atom. The van der Waals surface area contributed by atoms with E-state index in [1.807, 2.05) is 18.2 Å². The molecule has 0 spiro atoms. The van der Waals surface area contributed by atoms with Crippen LogP contribution in [0.2, 0.25) is 5.02 Å². The summed E-state index contributed by atoms with van der Waals surface area (Å²) in [7, 11) is 0. The molecule has 1 aromatic carbocycles. The van der Waals surface area contributed by atoms with Crippen LogP contribution in [0, 0.1) is 0 Å². The monoisotopic (exact) mass is 310 g/mol. The van der Waals surface area contributed by atoms with E-state index in [-0.39, 0.29) is 5.54 Å². The van der Waals surface area contributed by atoms with Gasteiger partial charge in [-0.2, -0.15) is 0 Å². The number of alkyl halides is 1. The van der Waals surface area contributed by atoms with E-state index < -0.39 is 0 Å². The van der Waals surface area contributed by atoms with Crippen molar-refractivity contribution in [2.24, 2.45) is 0 Å². The Morgan fingerprint density at radius 1 is 1.25 bits per heavy atom. The Labute approximate surface area is 130 Å². The Morgan fingerprint density at radius 3 is 2.70 bits per heavy atom. The number of aryl methyl sites for hydroxylation is 1. The summed E-state index contributed by atoms with van der Waals surface area (Å²) >= 11 is 12.4. The first-order valence-electron chi connectivity index (χ1n) is 7.38. The van der Waals surface area contributed by atoms with Gasteiger partial charge in [0.05, 0.1) is 16.1 Å². The third kappa shape index (κ3) is 2.33. The molecule has 2 nitrogen and oxygen atoms in total. The van der Waals surface area contributed by atoms with Crippen molar-refractivity contribution >= 4 is 34.2 Å². The SMILES string of the molecule is CC1(n2c(CCCl)nc3cccc(Cl)c32)CCCCC1. The number of fused-ring (bicyclic) bond motifs is 1. The average Bonchev–Trinajstić information content (AvgIpc) is 2.80. The lowest BCUT2D eigenvalue weighted by molar-refractivity contribution is 0.219. The minimum Gasteiger partial charge on any atom is -0.321 e. The normalized spacial score (nSPS) is 18.6. The molecule has 1 aliphatic carbocycles. The first-order chi connectivity index (χ1) is 9.65. The van der Waals surface area contributed by atoms with Crippen molar-refractivity contribution in [2.75, 3.05) is 5.88 Å². The molecule has 0 bridgehead atoms. The number of hydrogen-bond donors (Lipinski definition) is 0. The summed E-state index contributed by atoms with van der Waals surface area (Å²) < 4.78 is 2.38. The maximum atomic E-state index is 6.46. The molecule has 2 aromatic rings. The predicted molar refractivity (Wildman–Crippen MR) is 85.9 cm³/mol. The summed E-state index contributed by atoms with van der Waals surface area (Å²) in [6.07, 6.45) is 7.07. The van der Waals surface area contributed by atoms with Crippen molar-refractivity contribution in [3.63, 3.8) is 0 Å². The molecule has 1 saturated carbocycles. The second-order valence-corrected chi connectivity index (χ2v) is 6.75. The molecule has 0 amide bonds. The van der Waals surface area contributed by atoms with Crippen LogP contribution in [-0.2, 0) is 12.0 Å². The molecule has 0 atom stereocenters. The fourth-order valence-corrected chi connectivity index (χ4v) is 3.93. The summed E-state index contributed by atoms with van der Waals surface area (Å²) in [6, 6.07) is 5.97. The van der Waals surface area contributed by atoms with Gasteiger partial charge in [0.1, 0.15) is 5.82 Å². The first-order valence-corrected chi connectivity index (χ1v) is 8.29. The zero-order valence-electron chi connectivity index (χ0n) is 11.8. The van der Waals surface area contributed by atoms with Crippen molar-refractivity contribution in [3.05, 3.63) is 29.0 Å². The highest BCUT2D eigenvalue weighted by Gasteiger charge is 2.32. The van der Waals surface area contributed by atoms with Crippen molar-refractivity contribution in [2.45, 2.75) is 51.0 Å². The fourth-order valence-electron chi connectivity index (χ4n) is 3.50. The highest BCUT2D eigenvalue weighted by Crippen LogP contribution is 2.39. The van der Waals surface area contributed by atoms with Crippen LogP contribution in [0.5, 0.6) is 0 Å². The molecule has 0 aliphatic heterocycles. The van der Waals surface area contributed by atoms with E-state index in [0.29, 0.717) is 5.88 Å². The van der Waals surface area contributed by atoms with Gasteiger partial charge in [-0.3, -0.25) is 0 Å². The molecule has 4 heteroatoms. The number of rotatable bonds is 3. The molecule has 0 unspecified atom stereocenters. The number of nitrogens with zero attached hydrogens (tertiary/aromatic N) is 2. The van der Waals surface area contributed by atoms with Gasteiger partial charge in [-0.25, -0.2) is 4.98 Å². The molecular weight excluding hydrogens is 291 g/mol. The second-order valence-electron chi connectivity index (χ2n) is 5.97. The van der Waals surface area contributed by atoms with E-state index in [0.717, 1.165) is 28.3 Å².